The van der Waals surface area contributed by atoms with E-state index in [1.165, 1.54) is 4.57 Å². The molecule has 1 aromatic carbocycles. The highest BCUT2D eigenvalue weighted by molar-refractivity contribution is 5.83. The maximum Gasteiger partial charge on any atom is 0.258 e. The van der Waals surface area contributed by atoms with E-state index >= 15 is 0 Å². The van der Waals surface area contributed by atoms with Crippen LogP contribution >= 0.6 is 0 Å². The summed E-state index contributed by atoms with van der Waals surface area (Å²) >= 11 is 0. The Balaban J connectivity index is 1.79. The van der Waals surface area contributed by atoms with Crippen molar-refractivity contribution >= 4 is 16.7 Å². The van der Waals surface area contributed by atoms with Crippen molar-refractivity contribution in [1.29, 1.82) is 0 Å². The number of amides is 1. The van der Waals surface area contributed by atoms with Gasteiger partial charge in [0.15, 0.2) is 0 Å². The number of hydrogen-bond donors (Lipinski definition) is 0. The molecule has 25 heavy (non-hydrogen) atoms. The maximum atomic E-state index is 12.7. The summed E-state index contributed by atoms with van der Waals surface area (Å²) in [5.74, 6) is 1.45. The van der Waals surface area contributed by atoms with Gasteiger partial charge in [0, 0.05) is 24.7 Å². The zero-order chi connectivity index (χ0) is 18.0. The zero-order valence-corrected chi connectivity index (χ0v) is 15.2. The summed E-state index contributed by atoms with van der Waals surface area (Å²) in [6.07, 6.45) is 3.87. The van der Waals surface area contributed by atoms with Gasteiger partial charge < -0.3 is 14.2 Å². The second-order valence-corrected chi connectivity index (χ2v) is 7.23. The van der Waals surface area contributed by atoms with E-state index in [9.17, 15) is 9.59 Å². The van der Waals surface area contributed by atoms with Crippen molar-refractivity contribution in [2.75, 3.05) is 13.1 Å². The Morgan fingerprint density at radius 2 is 1.96 bits per heavy atom. The smallest absolute Gasteiger partial charge is 0.258 e. The van der Waals surface area contributed by atoms with Crippen LogP contribution in [0.5, 0.6) is 5.75 Å². The highest BCUT2D eigenvalue weighted by Crippen LogP contribution is 2.20. The van der Waals surface area contributed by atoms with E-state index in [-0.39, 0.29) is 24.1 Å². The van der Waals surface area contributed by atoms with Crippen molar-refractivity contribution in [2.45, 2.75) is 46.3 Å². The average molecular weight is 342 g/mol. The zero-order valence-electron chi connectivity index (χ0n) is 15.2. The summed E-state index contributed by atoms with van der Waals surface area (Å²) in [7, 11) is 0. The van der Waals surface area contributed by atoms with Gasteiger partial charge in [0.05, 0.1) is 6.10 Å². The van der Waals surface area contributed by atoms with E-state index in [0.29, 0.717) is 11.3 Å². The number of likely N-dealkylation sites (tertiary alicyclic amines) is 1. The molecule has 1 amide bonds. The third kappa shape index (κ3) is 4.03. The highest BCUT2D eigenvalue weighted by Gasteiger charge is 2.20. The number of ether oxygens (including phenoxy) is 1. The van der Waals surface area contributed by atoms with Crippen LogP contribution in [0.3, 0.4) is 0 Å². The molecule has 2 heterocycles. The molecule has 1 aliphatic heterocycles. The number of benzene rings is 1. The highest BCUT2D eigenvalue weighted by atomic mass is 16.5. The first kappa shape index (κ1) is 17.5. The number of pyridine rings is 1. The fourth-order valence-electron chi connectivity index (χ4n) is 3.24. The third-order valence-corrected chi connectivity index (χ3v) is 4.76. The summed E-state index contributed by atoms with van der Waals surface area (Å²) in [5.41, 5.74) is -0.132. The molecule has 0 atom stereocenters. The lowest BCUT2D eigenvalue weighted by molar-refractivity contribution is -0.133. The first-order valence-electron chi connectivity index (χ1n) is 9.01. The molecule has 0 N–H and O–H groups in total. The Labute approximate surface area is 148 Å². The van der Waals surface area contributed by atoms with Gasteiger partial charge in [0.2, 0.25) is 5.91 Å². The molecule has 134 valence electrons. The molecule has 1 aromatic heterocycles. The number of aromatic nitrogens is 1. The molecule has 1 fully saturated rings. The fraction of sp³-hybridized carbons (Fsp3) is 0.500. The molecule has 5 heteroatoms. The van der Waals surface area contributed by atoms with Gasteiger partial charge in [-0.25, -0.2) is 0 Å². The molecule has 0 aliphatic carbocycles. The standard InChI is InChI=1S/C20H26N2O3/c1-14(2)25-17-4-5-18-16(12-17)8-11-22(20(18)24)13-19(23)21-9-6-15(3)7-10-21/h4-5,8,11-12,14-15H,6-7,9-10,13H2,1-3H3. The summed E-state index contributed by atoms with van der Waals surface area (Å²) in [4.78, 5) is 27.0. The predicted octanol–water partition coefficient (Wildman–Crippen LogP) is 3.05. The monoisotopic (exact) mass is 342 g/mol. The lowest BCUT2D eigenvalue weighted by Crippen LogP contribution is -2.41. The van der Waals surface area contributed by atoms with Crippen LogP contribution < -0.4 is 10.3 Å². The van der Waals surface area contributed by atoms with E-state index in [0.717, 1.165) is 37.1 Å². The van der Waals surface area contributed by atoms with Gasteiger partial charge in [0.25, 0.3) is 5.56 Å². The van der Waals surface area contributed by atoms with E-state index in [1.807, 2.05) is 36.9 Å². The molecule has 5 nitrogen and oxygen atoms in total. The molecule has 2 aromatic rings. The van der Waals surface area contributed by atoms with Gasteiger partial charge in [0.1, 0.15) is 12.3 Å². The lowest BCUT2D eigenvalue weighted by Gasteiger charge is -2.30. The number of nitrogens with zero attached hydrogens (tertiary/aromatic N) is 2. The Bertz CT molecular complexity index is 817. The Morgan fingerprint density at radius 1 is 1.24 bits per heavy atom. The number of piperidine rings is 1. The number of carbonyl (C=O) groups is 1. The summed E-state index contributed by atoms with van der Waals surface area (Å²) < 4.78 is 7.18. The predicted molar refractivity (Wildman–Crippen MR) is 99.0 cm³/mol. The molecule has 1 saturated heterocycles. The fourth-order valence-corrected chi connectivity index (χ4v) is 3.24. The third-order valence-electron chi connectivity index (χ3n) is 4.76. The Kier molecular flexibility index (Phi) is 5.11. The molecule has 3 rings (SSSR count). The van der Waals surface area contributed by atoms with Crippen LogP contribution in [-0.2, 0) is 11.3 Å². The first-order chi connectivity index (χ1) is 11.9. The number of rotatable bonds is 4. The Morgan fingerprint density at radius 3 is 2.64 bits per heavy atom. The summed E-state index contributed by atoms with van der Waals surface area (Å²) in [6, 6.07) is 7.32. The number of fused-ring (bicyclic) bond motifs is 1. The van der Waals surface area contributed by atoms with Crippen molar-refractivity contribution in [3.8, 4) is 5.75 Å². The van der Waals surface area contributed by atoms with Gasteiger partial charge in [-0.15, -0.1) is 0 Å². The lowest BCUT2D eigenvalue weighted by atomic mass is 9.99. The van der Waals surface area contributed by atoms with E-state index in [4.69, 9.17) is 4.74 Å². The molecular weight excluding hydrogens is 316 g/mol. The molecule has 0 unspecified atom stereocenters. The summed E-state index contributed by atoms with van der Waals surface area (Å²) in [6.45, 7) is 7.83. The molecular formula is C20H26N2O3. The van der Waals surface area contributed by atoms with E-state index in [2.05, 4.69) is 6.92 Å². The number of carbonyl (C=O) groups excluding carboxylic acids is 1. The largest absolute Gasteiger partial charge is 0.491 e. The molecule has 0 saturated carbocycles. The van der Waals surface area contributed by atoms with Crippen LogP contribution in [0.4, 0.5) is 0 Å². The normalized spacial score (nSPS) is 15.8. The minimum Gasteiger partial charge on any atom is -0.491 e. The van der Waals surface area contributed by atoms with Crippen LogP contribution in [0, 0.1) is 5.92 Å². The van der Waals surface area contributed by atoms with Crippen LogP contribution in [0.2, 0.25) is 0 Å². The molecule has 0 bridgehead atoms. The van der Waals surface area contributed by atoms with Crippen LogP contribution in [-0.4, -0.2) is 34.6 Å². The topological polar surface area (TPSA) is 51.5 Å². The quantitative estimate of drug-likeness (QED) is 0.858. The SMILES string of the molecule is CC1CCN(C(=O)Cn2ccc3cc(OC(C)C)ccc3c2=O)CC1. The van der Waals surface area contributed by atoms with Crippen molar-refractivity contribution < 1.29 is 9.53 Å². The minimum absolute atomic E-state index is 0.0214. The second-order valence-electron chi connectivity index (χ2n) is 7.23. The molecule has 1 aliphatic rings. The van der Waals surface area contributed by atoms with Gasteiger partial charge in [-0.3, -0.25) is 9.59 Å². The van der Waals surface area contributed by atoms with Crippen molar-refractivity contribution in [3.63, 3.8) is 0 Å². The Hall–Kier alpha value is -2.30. The van der Waals surface area contributed by atoms with E-state index in [1.54, 1.807) is 12.3 Å². The molecule has 0 spiro atoms. The van der Waals surface area contributed by atoms with Crippen LogP contribution in [0.25, 0.3) is 10.8 Å². The first-order valence-corrected chi connectivity index (χ1v) is 9.01. The van der Waals surface area contributed by atoms with Crippen molar-refractivity contribution in [2.24, 2.45) is 5.92 Å². The van der Waals surface area contributed by atoms with Crippen molar-refractivity contribution in [3.05, 3.63) is 40.8 Å². The van der Waals surface area contributed by atoms with Gasteiger partial charge in [-0.05, 0) is 62.3 Å². The average Bonchev–Trinajstić information content (AvgIpc) is 2.57. The number of hydrogen-bond acceptors (Lipinski definition) is 3. The van der Waals surface area contributed by atoms with Crippen LogP contribution in [0.1, 0.15) is 33.6 Å². The van der Waals surface area contributed by atoms with Crippen LogP contribution in [0.15, 0.2) is 35.3 Å². The van der Waals surface area contributed by atoms with Gasteiger partial charge in [-0.2, -0.15) is 0 Å². The van der Waals surface area contributed by atoms with Crippen molar-refractivity contribution in [1.82, 2.24) is 9.47 Å². The van der Waals surface area contributed by atoms with E-state index < -0.39 is 0 Å². The van der Waals surface area contributed by atoms with Gasteiger partial charge >= 0.3 is 0 Å². The maximum absolute atomic E-state index is 12.7. The van der Waals surface area contributed by atoms with Gasteiger partial charge in [-0.1, -0.05) is 6.92 Å². The molecule has 0 radical (unpaired) electrons. The summed E-state index contributed by atoms with van der Waals surface area (Å²) in [5, 5.41) is 1.44. The second kappa shape index (κ2) is 7.30. The minimum atomic E-state index is -0.132.